The predicted molar refractivity (Wildman–Crippen MR) is 37.0 cm³/mol. The van der Waals surface area contributed by atoms with Crippen LogP contribution in [0.4, 0.5) is 0 Å². The summed E-state index contributed by atoms with van der Waals surface area (Å²) in [4.78, 5) is 0. The maximum absolute atomic E-state index is 1.59. The van der Waals surface area contributed by atoms with Gasteiger partial charge in [0.2, 0.25) is 0 Å². The van der Waals surface area contributed by atoms with Crippen molar-refractivity contribution >= 4 is 0 Å². The highest BCUT2D eigenvalue weighted by atomic mass is 14.6. The monoisotopic (exact) mass is 122 g/mol. The Bertz CT molecular complexity index is 123. The molecule has 3 aliphatic carbocycles. The normalized spacial score (nSPS) is 61.3. The maximum Gasteiger partial charge on any atom is -0.0352 e. The zero-order chi connectivity index (χ0) is 5.84. The van der Waals surface area contributed by atoms with E-state index in [0.29, 0.717) is 0 Å². The van der Waals surface area contributed by atoms with Crippen LogP contribution in [-0.4, -0.2) is 0 Å². The average Bonchev–Trinajstić information content (AvgIpc) is 2.13. The lowest BCUT2D eigenvalue weighted by molar-refractivity contribution is -0.0815. The number of hydrogen-bond acceptors (Lipinski definition) is 0. The highest BCUT2D eigenvalue weighted by molar-refractivity contribution is 5.05. The Morgan fingerprint density at radius 1 is 0.556 bits per heavy atom. The molecule has 50 valence electrons. The first-order chi connectivity index (χ1) is 4.47. The third-order valence-electron chi connectivity index (χ3n) is 4.11. The highest BCUT2D eigenvalue weighted by Gasteiger charge is 2.56. The molecule has 0 amide bonds. The molecule has 0 heteroatoms. The summed E-state index contributed by atoms with van der Waals surface area (Å²) < 4.78 is 0. The maximum atomic E-state index is 1.59. The minimum atomic E-state index is 1.23. The van der Waals surface area contributed by atoms with Crippen LogP contribution in [0, 0.1) is 23.7 Å². The molecule has 4 atom stereocenters. The Balaban J connectivity index is 1.85. The van der Waals surface area contributed by atoms with Gasteiger partial charge in [-0.2, -0.15) is 0 Å². The van der Waals surface area contributed by atoms with E-state index < -0.39 is 0 Å². The second kappa shape index (κ2) is 1.36. The van der Waals surface area contributed by atoms with E-state index in [1.807, 2.05) is 0 Å². The fourth-order valence-corrected chi connectivity index (χ4v) is 3.55. The summed E-state index contributed by atoms with van der Waals surface area (Å²) in [5.41, 5.74) is 0. The molecule has 3 aliphatic rings. The molecular formula is C9H14. The van der Waals surface area contributed by atoms with Gasteiger partial charge >= 0.3 is 0 Å². The van der Waals surface area contributed by atoms with Crippen molar-refractivity contribution in [3.63, 3.8) is 0 Å². The zero-order valence-corrected chi connectivity index (χ0v) is 5.84. The molecule has 3 fully saturated rings. The smallest absolute Gasteiger partial charge is 0.0352 e. The van der Waals surface area contributed by atoms with Crippen molar-refractivity contribution in [2.24, 2.45) is 23.7 Å². The van der Waals surface area contributed by atoms with E-state index in [1.165, 1.54) is 23.7 Å². The van der Waals surface area contributed by atoms with Crippen LogP contribution in [0.3, 0.4) is 0 Å². The Hall–Kier alpha value is 0. The SMILES string of the molecule is C1CC2C(C1)C1CCC21. The van der Waals surface area contributed by atoms with Crippen LogP contribution in [0.2, 0.25) is 0 Å². The van der Waals surface area contributed by atoms with Gasteiger partial charge in [0.25, 0.3) is 0 Å². The Morgan fingerprint density at radius 3 is 1.44 bits per heavy atom. The Morgan fingerprint density at radius 2 is 1.00 bits per heavy atom. The molecule has 0 bridgehead atoms. The van der Waals surface area contributed by atoms with Crippen LogP contribution >= 0.6 is 0 Å². The van der Waals surface area contributed by atoms with Gasteiger partial charge in [-0.25, -0.2) is 0 Å². The van der Waals surface area contributed by atoms with Gasteiger partial charge in [-0.15, -0.1) is 0 Å². The van der Waals surface area contributed by atoms with Crippen molar-refractivity contribution in [2.75, 3.05) is 0 Å². The molecule has 0 N–H and O–H groups in total. The molecule has 0 saturated heterocycles. The van der Waals surface area contributed by atoms with Gasteiger partial charge in [-0.05, 0) is 49.4 Å². The summed E-state index contributed by atoms with van der Waals surface area (Å²) in [6.45, 7) is 0. The lowest BCUT2D eigenvalue weighted by Crippen LogP contribution is -2.50. The van der Waals surface area contributed by atoms with E-state index in [9.17, 15) is 0 Å². The van der Waals surface area contributed by atoms with E-state index in [-0.39, 0.29) is 0 Å². The third-order valence-corrected chi connectivity index (χ3v) is 4.11. The summed E-state index contributed by atoms with van der Waals surface area (Å²) >= 11 is 0. The first kappa shape index (κ1) is 4.76. The molecule has 9 heavy (non-hydrogen) atoms. The Labute approximate surface area is 56.6 Å². The third kappa shape index (κ3) is 0.395. The van der Waals surface area contributed by atoms with Crippen LogP contribution in [-0.2, 0) is 0 Å². The molecule has 3 saturated carbocycles. The second-order valence-electron chi connectivity index (χ2n) is 4.16. The summed E-state index contributed by atoms with van der Waals surface area (Å²) in [6.07, 6.45) is 7.91. The molecule has 0 nitrogen and oxygen atoms in total. The second-order valence-corrected chi connectivity index (χ2v) is 4.16. The summed E-state index contributed by atoms with van der Waals surface area (Å²) in [7, 11) is 0. The van der Waals surface area contributed by atoms with Crippen LogP contribution in [0.25, 0.3) is 0 Å². The fraction of sp³-hybridized carbons (Fsp3) is 1.00. The molecule has 0 aliphatic heterocycles. The molecule has 4 unspecified atom stereocenters. The topological polar surface area (TPSA) is 0 Å². The van der Waals surface area contributed by atoms with E-state index in [1.54, 1.807) is 32.1 Å². The molecular weight excluding hydrogens is 108 g/mol. The van der Waals surface area contributed by atoms with E-state index >= 15 is 0 Å². The van der Waals surface area contributed by atoms with Crippen LogP contribution in [0.5, 0.6) is 0 Å². The average molecular weight is 122 g/mol. The van der Waals surface area contributed by atoms with Crippen molar-refractivity contribution in [1.82, 2.24) is 0 Å². The van der Waals surface area contributed by atoms with Crippen molar-refractivity contribution in [2.45, 2.75) is 32.1 Å². The minimum absolute atomic E-state index is 1.23. The largest absolute Gasteiger partial charge is 0.0527 e. The molecule has 0 spiro atoms. The van der Waals surface area contributed by atoms with Gasteiger partial charge in [0.15, 0.2) is 0 Å². The van der Waals surface area contributed by atoms with Crippen molar-refractivity contribution in [1.29, 1.82) is 0 Å². The number of hydrogen-bond donors (Lipinski definition) is 0. The molecule has 0 radical (unpaired) electrons. The van der Waals surface area contributed by atoms with E-state index in [4.69, 9.17) is 0 Å². The zero-order valence-electron chi connectivity index (χ0n) is 5.84. The van der Waals surface area contributed by atoms with Crippen molar-refractivity contribution in [3.8, 4) is 0 Å². The first-order valence-corrected chi connectivity index (χ1v) is 4.47. The van der Waals surface area contributed by atoms with Crippen molar-refractivity contribution < 1.29 is 0 Å². The summed E-state index contributed by atoms with van der Waals surface area (Å²) in [5.74, 6) is 4.92. The summed E-state index contributed by atoms with van der Waals surface area (Å²) in [5, 5.41) is 0. The highest BCUT2D eigenvalue weighted by Crippen LogP contribution is 2.64. The lowest BCUT2D eigenvalue weighted by atomic mass is 9.48. The quantitative estimate of drug-likeness (QED) is 0.463. The molecule has 0 aromatic heterocycles. The predicted octanol–water partition coefficient (Wildman–Crippen LogP) is 2.44. The van der Waals surface area contributed by atoms with Crippen LogP contribution < -0.4 is 0 Å². The molecule has 3 rings (SSSR count). The Kier molecular flexibility index (Phi) is 0.717. The lowest BCUT2D eigenvalue weighted by Gasteiger charge is -2.57. The van der Waals surface area contributed by atoms with Crippen molar-refractivity contribution in [3.05, 3.63) is 0 Å². The van der Waals surface area contributed by atoms with Gasteiger partial charge < -0.3 is 0 Å². The molecule has 0 aromatic carbocycles. The number of rotatable bonds is 0. The van der Waals surface area contributed by atoms with Gasteiger partial charge in [-0.1, -0.05) is 6.42 Å². The molecule has 0 aromatic rings. The van der Waals surface area contributed by atoms with Crippen LogP contribution in [0.15, 0.2) is 0 Å². The van der Waals surface area contributed by atoms with Gasteiger partial charge in [-0.3, -0.25) is 0 Å². The van der Waals surface area contributed by atoms with Crippen LogP contribution in [0.1, 0.15) is 32.1 Å². The standard InChI is InChI=1S/C9H14/c1-2-6-7(3-1)9-5-4-8(6)9/h6-9H,1-5H2. The van der Waals surface area contributed by atoms with E-state index in [0.717, 1.165) is 0 Å². The number of fused-ring (bicyclic) bond motifs is 4. The summed E-state index contributed by atoms with van der Waals surface area (Å²) in [6, 6.07) is 0. The minimum Gasteiger partial charge on any atom is -0.0527 e. The van der Waals surface area contributed by atoms with Gasteiger partial charge in [0.1, 0.15) is 0 Å². The van der Waals surface area contributed by atoms with E-state index in [2.05, 4.69) is 0 Å². The first-order valence-electron chi connectivity index (χ1n) is 4.47. The molecule has 0 heterocycles. The fourth-order valence-electron chi connectivity index (χ4n) is 3.55. The van der Waals surface area contributed by atoms with Gasteiger partial charge in [0.05, 0.1) is 0 Å². The van der Waals surface area contributed by atoms with Gasteiger partial charge in [0, 0.05) is 0 Å².